The third kappa shape index (κ3) is 5.88. The minimum atomic E-state index is 0.385. The smallest absolute Gasteiger partial charge is 0.155 e. The maximum atomic E-state index is 6.18. The average molecular weight is 551 g/mol. The quantitative estimate of drug-likeness (QED) is 0.184. The summed E-state index contributed by atoms with van der Waals surface area (Å²) in [7, 11) is 4.21. The highest BCUT2D eigenvalue weighted by Gasteiger charge is 2.24. The molecule has 0 saturated carbocycles. The van der Waals surface area contributed by atoms with Gasteiger partial charge in [-0.15, -0.1) is 0 Å². The van der Waals surface area contributed by atoms with E-state index in [2.05, 4.69) is 106 Å². The molecule has 0 aliphatic carbocycles. The van der Waals surface area contributed by atoms with Crippen LogP contribution >= 0.6 is 0 Å². The minimum Gasteiger partial charge on any atom is -0.493 e. The zero-order valence-corrected chi connectivity index (χ0v) is 24.8. The van der Waals surface area contributed by atoms with Crippen LogP contribution in [-0.4, -0.2) is 70.3 Å². The van der Waals surface area contributed by atoms with Gasteiger partial charge in [-0.1, -0.05) is 38.1 Å². The highest BCUT2D eigenvalue weighted by Crippen LogP contribution is 2.40. The van der Waals surface area contributed by atoms with Gasteiger partial charge in [0, 0.05) is 46.7 Å². The van der Waals surface area contributed by atoms with Crippen LogP contribution in [0.15, 0.2) is 60.9 Å². The second-order valence-corrected chi connectivity index (χ2v) is 12.0. The van der Waals surface area contributed by atoms with E-state index in [4.69, 9.17) is 4.74 Å². The predicted molar refractivity (Wildman–Crippen MR) is 168 cm³/mol. The SMILES string of the molecule is CC(C)c1c(-c2ccnc3[nH]ncc23)[nH]c2ccc(C3CCN(Cc4ccccc4OCCCN(C)C)CC3)cc12. The fourth-order valence-corrected chi connectivity index (χ4v) is 6.37. The Morgan fingerprint density at radius 2 is 1.88 bits per heavy atom. The molecule has 7 nitrogen and oxygen atoms in total. The number of nitrogens with one attached hydrogen (secondary N) is 2. The van der Waals surface area contributed by atoms with Gasteiger partial charge < -0.3 is 14.6 Å². The van der Waals surface area contributed by atoms with Gasteiger partial charge in [-0.25, -0.2) is 4.98 Å². The zero-order valence-electron chi connectivity index (χ0n) is 24.8. The zero-order chi connectivity index (χ0) is 28.3. The number of hydrogen-bond acceptors (Lipinski definition) is 5. The molecule has 0 radical (unpaired) electrons. The van der Waals surface area contributed by atoms with E-state index in [9.17, 15) is 0 Å². The van der Waals surface area contributed by atoms with Crippen molar-refractivity contribution in [2.24, 2.45) is 0 Å². The van der Waals surface area contributed by atoms with E-state index in [0.29, 0.717) is 11.8 Å². The van der Waals surface area contributed by atoms with Crippen LogP contribution in [0.4, 0.5) is 0 Å². The Bertz CT molecular complexity index is 1610. The number of likely N-dealkylation sites (tertiary alicyclic amines) is 1. The number of fused-ring (bicyclic) bond motifs is 2. The van der Waals surface area contributed by atoms with Crippen LogP contribution in [0.5, 0.6) is 5.75 Å². The summed E-state index contributed by atoms with van der Waals surface area (Å²) in [6.45, 7) is 9.52. The van der Waals surface area contributed by atoms with E-state index in [1.165, 1.54) is 46.1 Å². The lowest BCUT2D eigenvalue weighted by atomic mass is 9.87. The van der Waals surface area contributed by atoms with Crippen molar-refractivity contribution in [1.29, 1.82) is 0 Å². The number of hydrogen-bond donors (Lipinski definition) is 2. The van der Waals surface area contributed by atoms with E-state index in [1.807, 2.05) is 12.4 Å². The molecule has 4 heterocycles. The predicted octanol–water partition coefficient (Wildman–Crippen LogP) is 6.94. The second-order valence-electron chi connectivity index (χ2n) is 12.0. The van der Waals surface area contributed by atoms with Gasteiger partial charge in [-0.3, -0.25) is 10.00 Å². The topological polar surface area (TPSA) is 73.1 Å². The number of piperidine rings is 1. The van der Waals surface area contributed by atoms with Crippen molar-refractivity contribution in [3.05, 3.63) is 77.6 Å². The molecule has 2 N–H and O–H groups in total. The highest BCUT2D eigenvalue weighted by molar-refractivity contribution is 5.98. The van der Waals surface area contributed by atoms with Crippen LogP contribution in [0.2, 0.25) is 0 Å². The summed E-state index contributed by atoms with van der Waals surface area (Å²) in [6, 6.07) is 17.7. The summed E-state index contributed by atoms with van der Waals surface area (Å²) < 4.78 is 6.18. The van der Waals surface area contributed by atoms with E-state index >= 15 is 0 Å². The van der Waals surface area contributed by atoms with Crippen LogP contribution in [-0.2, 0) is 6.54 Å². The third-order valence-electron chi connectivity index (χ3n) is 8.50. The van der Waals surface area contributed by atoms with Crippen LogP contribution in [0.25, 0.3) is 33.2 Å². The molecule has 0 spiro atoms. The number of benzene rings is 2. The van der Waals surface area contributed by atoms with Crippen molar-refractivity contribution in [3.8, 4) is 17.0 Å². The highest BCUT2D eigenvalue weighted by atomic mass is 16.5. The van der Waals surface area contributed by atoms with Crippen LogP contribution in [0.1, 0.15) is 61.6 Å². The van der Waals surface area contributed by atoms with Gasteiger partial charge in [0.25, 0.3) is 0 Å². The van der Waals surface area contributed by atoms with E-state index in [-0.39, 0.29) is 0 Å². The van der Waals surface area contributed by atoms with Crippen molar-refractivity contribution >= 4 is 21.9 Å². The lowest BCUT2D eigenvalue weighted by molar-refractivity contribution is 0.200. The first-order valence-corrected chi connectivity index (χ1v) is 15.0. The first kappa shape index (κ1) is 27.5. The Balaban J connectivity index is 1.17. The number of ether oxygens (including phenoxy) is 1. The lowest BCUT2D eigenvalue weighted by Gasteiger charge is -2.32. The largest absolute Gasteiger partial charge is 0.493 e. The van der Waals surface area contributed by atoms with Gasteiger partial charge in [0.15, 0.2) is 5.65 Å². The van der Waals surface area contributed by atoms with Gasteiger partial charge >= 0.3 is 0 Å². The van der Waals surface area contributed by atoms with Crippen molar-refractivity contribution in [2.75, 3.05) is 40.3 Å². The van der Waals surface area contributed by atoms with E-state index in [1.54, 1.807) is 0 Å². The van der Waals surface area contributed by atoms with Crippen LogP contribution in [0, 0.1) is 0 Å². The summed E-state index contributed by atoms with van der Waals surface area (Å²) in [6.07, 6.45) is 7.12. The molecule has 0 atom stereocenters. The first-order chi connectivity index (χ1) is 20.0. The summed E-state index contributed by atoms with van der Waals surface area (Å²) in [5.74, 6) is 1.99. The van der Waals surface area contributed by atoms with Gasteiger partial charge in [0.1, 0.15) is 5.75 Å². The second kappa shape index (κ2) is 12.0. The Morgan fingerprint density at radius 1 is 1.05 bits per heavy atom. The van der Waals surface area contributed by atoms with Crippen LogP contribution < -0.4 is 4.74 Å². The normalized spacial score (nSPS) is 15.1. The Morgan fingerprint density at radius 3 is 2.68 bits per heavy atom. The van der Waals surface area contributed by atoms with E-state index < -0.39 is 0 Å². The first-order valence-electron chi connectivity index (χ1n) is 15.0. The lowest BCUT2D eigenvalue weighted by Crippen LogP contribution is -2.32. The minimum absolute atomic E-state index is 0.385. The Hall–Kier alpha value is -3.68. The molecule has 0 bridgehead atoms. The number of aromatic amines is 2. The van der Waals surface area contributed by atoms with Crippen molar-refractivity contribution < 1.29 is 4.74 Å². The molecule has 1 saturated heterocycles. The van der Waals surface area contributed by atoms with E-state index in [0.717, 1.165) is 61.6 Å². The van der Waals surface area contributed by atoms with Crippen molar-refractivity contribution in [3.63, 3.8) is 0 Å². The van der Waals surface area contributed by atoms with Crippen LogP contribution in [0.3, 0.4) is 0 Å². The Kier molecular flexibility index (Phi) is 8.08. The molecule has 41 heavy (non-hydrogen) atoms. The molecule has 2 aromatic carbocycles. The fraction of sp³-hybridized carbons (Fsp3) is 0.412. The van der Waals surface area contributed by atoms with Gasteiger partial charge in [0.05, 0.1) is 18.5 Å². The fourth-order valence-electron chi connectivity index (χ4n) is 6.37. The average Bonchev–Trinajstić information content (AvgIpc) is 3.61. The maximum Gasteiger partial charge on any atom is 0.155 e. The molecule has 1 fully saturated rings. The van der Waals surface area contributed by atoms with Crippen molar-refractivity contribution in [2.45, 2.75) is 51.5 Å². The molecule has 3 aromatic heterocycles. The number of aromatic nitrogens is 4. The molecule has 7 heteroatoms. The number of H-pyrrole nitrogens is 2. The summed E-state index contributed by atoms with van der Waals surface area (Å²) >= 11 is 0. The third-order valence-corrected chi connectivity index (χ3v) is 8.50. The molecular formula is C34H42N6O. The monoisotopic (exact) mass is 550 g/mol. The molecule has 6 rings (SSSR count). The molecule has 5 aromatic rings. The summed E-state index contributed by atoms with van der Waals surface area (Å²) in [5, 5.41) is 9.64. The molecular weight excluding hydrogens is 508 g/mol. The summed E-state index contributed by atoms with van der Waals surface area (Å²) in [5.41, 5.74) is 8.47. The summed E-state index contributed by atoms with van der Waals surface area (Å²) in [4.78, 5) is 13.0. The standard InChI is InChI=1S/C34H42N6O/c1-23(2)32-28-20-25(10-11-30(28)37-33(32)27-12-15-35-34-29(27)21-36-38-34)24-13-17-40(18-14-24)22-26-8-5-6-9-31(26)41-19-7-16-39(3)4/h5-6,8-12,15,20-21,23-24,37H,7,13-14,16-19,22H2,1-4H3,(H,35,36,38). The Labute approximate surface area is 242 Å². The molecule has 214 valence electrons. The number of rotatable bonds is 10. The number of nitrogens with zero attached hydrogens (tertiary/aromatic N) is 4. The van der Waals surface area contributed by atoms with Gasteiger partial charge in [0.2, 0.25) is 0 Å². The maximum absolute atomic E-state index is 6.18. The molecule has 0 unspecified atom stereocenters. The molecule has 1 aliphatic heterocycles. The number of para-hydroxylation sites is 1. The van der Waals surface area contributed by atoms with Gasteiger partial charge in [-0.2, -0.15) is 5.10 Å². The molecule has 0 amide bonds. The number of pyridine rings is 1. The van der Waals surface area contributed by atoms with Crippen molar-refractivity contribution in [1.82, 2.24) is 30.0 Å². The van der Waals surface area contributed by atoms with Gasteiger partial charge in [-0.05, 0) is 93.7 Å². The molecule has 1 aliphatic rings.